The van der Waals surface area contributed by atoms with Crippen molar-refractivity contribution in [2.45, 2.75) is 12.0 Å². The maximum absolute atomic E-state index is 6.20. The van der Waals surface area contributed by atoms with Crippen LogP contribution in [-0.4, -0.2) is 27.9 Å². The van der Waals surface area contributed by atoms with Gasteiger partial charge in [-0.05, 0) is 12.1 Å². The summed E-state index contributed by atoms with van der Waals surface area (Å²) in [6, 6.07) is 9.72. The second-order valence-corrected chi connectivity index (χ2v) is 5.60. The molecule has 4 rings (SSSR count). The lowest BCUT2D eigenvalue weighted by molar-refractivity contribution is 0.138. The van der Waals surface area contributed by atoms with E-state index in [1.165, 1.54) is 0 Å². The van der Waals surface area contributed by atoms with E-state index in [9.17, 15) is 0 Å². The van der Waals surface area contributed by atoms with Gasteiger partial charge in [-0.25, -0.2) is 0 Å². The summed E-state index contributed by atoms with van der Waals surface area (Å²) in [4.78, 5) is 0. The van der Waals surface area contributed by atoms with Gasteiger partial charge in [0.25, 0.3) is 0 Å². The smallest absolute Gasteiger partial charge is 0.164 e. The third kappa shape index (κ3) is 2.07. The summed E-state index contributed by atoms with van der Waals surface area (Å²) in [6.45, 7) is 0.576. The van der Waals surface area contributed by atoms with Gasteiger partial charge in [-0.2, -0.15) is 0 Å². The zero-order chi connectivity index (χ0) is 16.0. The summed E-state index contributed by atoms with van der Waals surface area (Å²) in [5, 5.41) is 0. The Morgan fingerprint density at radius 3 is 2.39 bits per heavy atom. The standard InChI is InChI=1S/C18H18O5/c1-19-10-4-5-11-13-9-22-14-8-17(21-3)16(20-2)7-12(14)18(13)23-15(11)6-10/h4-8,13,18H,9H2,1-3H3. The van der Waals surface area contributed by atoms with Crippen molar-refractivity contribution in [3.63, 3.8) is 0 Å². The molecule has 0 saturated carbocycles. The highest BCUT2D eigenvalue weighted by atomic mass is 16.5. The van der Waals surface area contributed by atoms with Gasteiger partial charge in [-0.15, -0.1) is 0 Å². The normalized spacial score (nSPS) is 20.5. The molecule has 0 aliphatic carbocycles. The zero-order valence-corrected chi connectivity index (χ0v) is 13.3. The number of fused-ring (bicyclic) bond motifs is 5. The first kappa shape index (κ1) is 14.1. The average Bonchev–Trinajstić information content (AvgIpc) is 2.98. The van der Waals surface area contributed by atoms with Crippen LogP contribution in [0.5, 0.6) is 28.7 Å². The third-order valence-electron chi connectivity index (χ3n) is 4.48. The van der Waals surface area contributed by atoms with Gasteiger partial charge < -0.3 is 23.7 Å². The molecular weight excluding hydrogens is 296 g/mol. The van der Waals surface area contributed by atoms with Crippen LogP contribution in [0.25, 0.3) is 0 Å². The molecule has 2 aromatic carbocycles. The number of methoxy groups -OCH3 is 3. The topological polar surface area (TPSA) is 46.2 Å². The zero-order valence-electron chi connectivity index (χ0n) is 13.3. The molecule has 0 fully saturated rings. The molecule has 2 heterocycles. The highest BCUT2D eigenvalue weighted by Crippen LogP contribution is 2.53. The van der Waals surface area contributed by atoms with E-state index in [4.69, 9.17) is 23.7 Å². The average molecular weight is 314 g/mol. The third-order valence-corrected chi connectivity index (χ3v) is 4.48. The second kappa shape index (κ2) is 5.26. The minimum Gasteiger partial charge on any atom is -0.497 e. The molecule has 2 aliphatic heterocycles. The predicted octanol–water partition coefficient (Wildman–Crippen LogP) is 3.32. The van der Waals surface area contributed by atoms with E-state index in [0.717, 1.165) is 28.4 Å². The van der Waals surface area contributed by atoms with E-state index < -0.39 is 0 Å². The fraction of sp³-hybridized carbons (Fsp3) is 0.333. The summed E-state index contributed by atoms with van der Waals surface area (Å²) < 4.78 is 28.2. The molecule has 2 aliphatic rings. The van der Waals surface area contributed by atoms with E-state index in [0.29, 0.717) is 18.1 Å². The van der Waals surface area contributed by atoms with Crippen molar-refractivity contribution < 1.29 is 23.7 Å². The quantitative estimate of drug-likeness (QED) is 0.869. The van der Waals surface area contributed by atoms with E-state index in [2.05, 4.69) is 0 Å². The number of ether oxygens (including phenoxy) is 5. The molecule has 2 unspecified atom stereocenters. The summed E-state index contributed by atoms with van der Waals surface area (Å²) in [5.74, 6) is 3.92. The summed E-state index contributed by atoms with van der Waals surface area (Å²) >= 11 is 0. The van der Waals surface area contributed by atoms with Crippen molar-refractivity contribution in [2.75, 3.05) is 27.9 Å². The molecule has 0 aromatic heterocycles. The predicted molar refractivity (Wildman–Crippen MR) is 84.1 cm³/mol. The van der Waals surface area contributed by atoms with Crippen LogP contribution in [0.15, 0.2) is 30.3 Å². The Labute approximate surface area is 134 Å². The van der Waals surface area contributed by atoms with Gasteiger partial charge in [0.05, 0.1) is 33.9 Å². The molecule has 2 atom stereocenters. The molecule has 5 nitrogen and oxygen atoms in total. The highest BCUT2D eigenvalue weighted by Gasteiger charge is 2.41. The van der Waals surface area contributed by atoms with Gasteiger partial charge in [0.2, 0.25) is 0 Å². The van der Waals surface area contributed by atoms with Crippen molar-refractivity contribution in [3.8, 4) is 28.7 Å². The van der Waals surface area contributed by atoms with Gasteiger partial charge in [0.15, 0.2) is 11.5 Å². The molecular formula is C18H18O5. The minimum atomic E-state index is -0.0827. The van der Waals surface area contributed by atoms with Crippen molar-refractivity contribution in [3.05, 3.63) is 41.5 Å². The van der Waals surface area contributed by atoms with Crippen LogP contribution in [-0.2, 0) is 0 Å². The number of benzene rings is 2. The first-order valence-corrected chi connectivity index (χ1v) is 7.48. The molecule has 0 N–H and O–H groups in total. The van der Waals surface area contributed by atoms with Crippen LogP contribution in [0.1, 0.15) is 23.1 Å². The first-order chi connectivity index (χ1) is 11.2. The Hall–Kier alpha value is -2.56. The number of hydrogen-bond acceptors (Lipinski definition) is 5. The maximum Gasteiger partial charge on any atom is 0.164 e. The summed E-state index contributed by atoms with van der Waals surface area (Å²) in [6.07, 6.45) is -0.0827. The van der Waals surface area contributed by atoms with Crippen molar-refractivity contribution in [1.29, 1.82) is 0 Å². The molecule has 23 heavy (non-hydrogen) atoms. The van der Waals surface area contributed by atoms with Gasteiger partial charge in [0, 0.05) is 23.3 Å². The molecule has 120 valence electrons. The van der Waals surface area contributed by atoms with Crippen molar-refractivity contribution >= 4 is 0 Å². The molecule has 0 spiro atoms. The summed E-state index contributed by atoms with van der Waals surface area (Å²) in [5.41, 5.74) is 2.13. The van der Waals surface area contributed by atoms with Crippen LogP contribution in [0.3, 0.4) is 0 Å². The van der Waals surface area contributed by atoms with E-state index in [1.807, 2.05) is 30.3 Å². The maximum atomic E-state index is 6.20. The SMILES string of the molecule is COc1ccc2c(c1)OC1c3cc(OC)c(OC)cc3OCC21. The van der Waals surface area contributed by atoms with Gasteiger partial charge in [0.1, 0.15) is 23.4 Å². The Morgan fingerprint density at radius 1 is 0.870 bits per heavy atom. The molecule has 0 saturated heterocycles. The van der Waals surface area contributed by atoms with Crippen LogP contribution < -0.4 is 23.7 Å². The highest BCUT2D eigenvalue weighted by molar-refractivity contribution is 5.56. The monoisotopic (exact) mass is 314 g/mol. The Balaban J connectivity index is 1.77. The van der Waals surface area contributed by atoms with Crippen LogP contribution in [0, 0.1) is 0 Å². The Bertz CT molecular complexity index is 755. The van der Waals surface area contributed by atoms with Crippen LogP contribution in [0.4, 0.5) is 0 Å². The molecule has 2 aromatic rings. The fourth-order valence-corrected chi connectivity index (χ4v) is 3.29. The first-order valence-electron chi connectivity index (χ1n) is 7.48. The van der Waals surface area contributed by atoms with Crippen molar-refractivity contribution in [1.82, 2.24) is 0 Å². The largest absolute Gasteiger partial charge is 0.497 e. The lowest BCUT2D eigenvalue weighted by Crippen LogP contribution is -2.23. The molecule has 5 heteroatoms. The lowest BCUT2D eigenvalue weighted by atomic mass is 9.89. The Morgan fingerprint density at radius 2 is 1.65 bits per heavy atom. The molecule has 0 amide bonds. The fourth-order valence-electron chi connectivity index (χ4n) is 3.29. The molecule has 0 radical (unpaired) electrons. The summed E-state index contributed by atoms with van der Waals surface area (Å²) in [7, 11) is 4.89. The van der Waals surface area contributed by atoms with Crippen LogP contribution in [0.2, 0.25) is 0 Å². The van der Waals surface area contributed by atoms with Gasteiger partial charge in [-0.1, -0.05) is 6.07 Å². The lowest BCUT2D eigenvalue weighted by Gasteiger charge is -2.28. The van der Waals surface area contributed by atoms with Gasteiger partial charge in [-0.3, -0.25) is 0 Å². The van der Waals surface area contributed by atoms with Crippen LogP contribution >= 0.6 is 0 Å². The van der Waals surface area contributed by atoms with E-state index in [-0.39, 0.29) is 12.0 Å². The molecule has 0 bridgehead atoms. The number of hydrogen-bond donors (Lipinski definition) is 0. The Kier molecular flexibility index (Phi) is 3.22. The van der Waals surface area contributed by atoms with E-state index in [1.54, 1.807) is 21.3 Å². The van der Waals surface area contributed by atoms with Gasteiger partial charge >= 0.3 is 0 Å². The second-order valence-electron chi connectivity index (χ2n) is 5.60. The van der Waals surface area contributed by atoms with Crippen molar-refractivity contribution in [2.24, 2.45) is 0 Å². The minimum absolute atomic E-state index is 0.0827. The number of rotatable bonds is 3. The van der Waals surface area contributed by atoms with E-state index >= 15 is 0 Å².